The van der Waals surface area contributed by atoms with Crippen LogP contribution in [0.4, 0.5) is 0 Å². The summed E-state index contributed by atoms with van der Waals surface area (Å²) >= 11 is 0. The molecule has 2 aromatic heterocycles. The molecular weight excluding hydrogens is 424 g/mol. The van der Waals surface area contributed by atoms with Gasteiger partial charge in [0.25, 0.3) is 11.4 Å². The van der Waals surface area contributed by atoms with Crippen molar-refractivity contribution in [3.63, 3.8) is 0 Å². The fraction of sp³-hybridized carbons (Fsp3) is 0.333. The van der Waals surface area contributed by atoms with Gasteiger partial charge in [-0.25, -0.2) is 0 Å². The molecule has 1 fully saturated rings. The van der Waals surface area contributed by atoms with E-state index in [1.807, 2.05) is 0 Å². The van der Waals surface area contributed by atoms with E-state index in [1.54, 1.807) is 0 Å². The molecule has 0 amide bonds. The van der Waals surface area contributed by atoms with Crippen LogP contribution in [0.2, 0.25) is 0 Å². The van der Waals surface area contributed by atoms with Crippen molar-refractivity contribution in [3.8, 4) is 33.8 Å². The summed E-state index contributed by atoms with van der Waals surface area (Å²) in [6.45, 7) is 7.03. The van der Waals surface area contributed by atoms with Gasteiger partial charge < -0.3 is 0 Å². The summed E-state index contributed by atoms with van der Waals surface area (Å²) in [6.07, 6.45) is 7.38. The summed E-state index contributed by atoms with van der Waals surface area (Å²) in [5, 5.41) is 0. The van der Waals surface area contributed by atoms with Gasteiger partial charge in [-0.15, -0.1) is 0 Å². The normalized spacial score (nSPS) is 15.8. The van der Waals surface area contributed by atoms with E-state index < -0.39 is 0 Å². The Balaban J connectivity index is 1.59. The number of pyridine rings is 2. The fourth-order valence-corrected chi connectivity index (χ4v) is 5.66. The second kappa shape index (κ2) is 9.41. The molecule has 2 nitrogen and oxygen atoms in total. The zero-order valence-electron chi connectivity index (χ0n) is 21.9. The standard InChI is InChI=1S/C33H38N2/c1-24-10-6-7-11-29(24)31-22-28(23-32(35(31)5)30-12-8-9-21-34(30)4)26-15-13-25(14-16-26)27-17-19-33(2,3)20-18-27/h6-16,21-23,27H,17-20H2,1-5H3/q+2. The Morgan fingerprint density at radius 3 is 2.06 bits per heavy atom. The van der Waals surface area contributed by atoms with Gasteiger partial charge in [-0.05, 0) is 78.3 Å². The third-order valence-corrected chi connectivity index (χ3v) is 8.10. The SMILES string of the molecule is Cc1ccccc1-c1cc(-c2ccc(C3CCC(C)(C)CC3)cc2)cc(-c2cccc[n+]2C)[n+]1C. The predicted molar refractivity (Wildman–Crippen MR) is 145 cm³/mol. The van der Waals surface area contributed by atoms with Gasteiger partial charge in [0.05, 0.1) is 0 Å². The fourth-order valence-electron chi connectivity index (χ4n) is 5.66. The maximum atomic E-state index is 2.41. The second-order valence-electron chi connectivity index (χ2n) is 11.1. The minimum absolute atomic E-state index is 0.506. The van der Waals surface area contributed by atoms with E-state index in [0.29, 0.717) is 11.3 Å². The van der Waals surface area contributed by atoms with Crippen LogP contribution in [0.1, 0.15) is 56.6 Å². The van der Waals surface area contributed by atoms with E-state index in [4.69, 9.17) is 0 Å². The molecule has 0 unspecified atom stereocenters. The number of aromatic nitrogens is 2. The van der Waals surface area contributed by atoms with E-state index in [-0.39, 0.29) is 0 Å². The van der Waals surface area contributed by atoms with Gasteiger partial charge in [0, 0.05) is 29.8 Å². The maximum Gasteiger partial charge on any atom is 0.278 e. The average molecular weight is 463 g/mol. The first-order chi connectivity index (χ1) is 16.8. The molecule has 1 aliphatic carbocycles. The molecule has 2 aromatic carbocycles. The molecule has 0 bridgehead atoms. The molecule has 0 N–H and O–H groups in total. The first-order valence-corrected chi connectivity index (χ1v) is 13.0. The summed E-state index contributed by atoms with van der Waals surface area (Å²) in [5.41, 5.74) is 10.8. The molecule has 2 heterocycles. The molecule has 2 heteroatoms. The van der Waals surface area contributed by atoms with Gasteiger partial charge in [0.2, 0.25) is 5.69 Å². The van der Waals surface area contributed by atoms with Crippen molar-refractivity contribution >= 4 is 0 Å². The Kier molecular flexibility index (Phi) is 6.32. The minimum atomic E-state index is 0.506. The van der Waals surface area contributed by atoms with Crippen LogP contribution in [0.25, 0.3) is 33.8 Å². The Labute approximate surface area is 210 Å². The number of rotatable bonds is 4. The molecule has 1 aliphatic rings. The first-order valence-electron chi connectivity index (χ1n) is 13.0. The molecule has 0 saturated heterocycles. The smallest absolute Gasteiger partial charge is 0.196 e. The van der Waals surface area contributed by atoms with Gasteiger partial charge in [0.1, 0.15) is 14.1 Å². The van der Waals surface area contributed by atoms with Crippen LogP contribution in [-0.2, 0) is 14.1 Å². The van der Waals surface area contributed by atoms with Gasteiger partial charge >= 0.3 is 0 Å². The number of benzene rings is 2. The van der Waals surface area contributed by atoms with E-state index in [2.05, 4.69) is 129 Å². The van der Waals surface area contributed by atoms with Crippen molar-refractivity contribution in [1.82, 2.24) is 0 Å². The highest BCUT2D eigenvalue weighted by Crippen LogP contribution is 2.42. The average Bonchev–Trinajstić information content (AvgIpc) is 2.85. The van der Waals surface area contributed by atoms with Crippen LogP contribution >= 0.6 is 0 Å². The van der Waals surface area contributed by atoms with E-state index in [1.165, 1.54) is 70.6 Å². The highest BCUT2D eigenvalue weighted by molar-refractivity contribution is 5.73. The number of aryl methyl sites for hydroxylation is 2. The maximum absolute atomic E-state index is 2.41. The lowest BCUT2D eigenvalue weighted by atomic mass is 9.71. The number of hydrogen-bond acceptors (Lipinski definition) is 0. The first kappa shape index (κ1) is 23.5. The Hall–Kier alpha value is -3.26. The molecule has 0 spiro atoms. The van der Waals surface area contributed by atoms with Gasteiger partial charge in [-0.2, -0.15) is 9.13 Å². The van der Waals surface area contributed by atoms with Crippen LogP contribution in [0.5, 0.6) is 0 Å². The van der Waals surface area contributed by atoms with Crippen molar-refractivity contribution in [1.29, 1.82) is 0 Å². The molecule has 35 heavy (non-hydrogen) atoms. The summed E-state index contributed by atoms with van der Waals surface area (Å²) in [4.78, 5) is 0. The van der Waals surface area contributed by atoms with E-state index in [9.17, 15) is 0 Å². The van der Waals surface area contributed by atoms with Crippen molar-refractivity contribution in [2.45, 2.75) is 52.4 Å². The zero-order valence-corrected chi connectivity index (χ0v) is 21.9. The monoisotopic (exact) mass is 462 g/mol. The summed E-state index contributed by atoms with van der Waals surface area (Å²) < 4.78 is 4.54. The van der Waals surface area contributed by atoms with Crippen LogP contribution in [0, 0.1) is 12.3 Å². The topological polar surface area (TPSA) is 7.76 Å². The lowest BCUT2D eigenvalue weighted by Gasteiger charge is -2.34. The van der Waals surface area contributed by atoms with Crippen LogP contribution in [0.15, 0.2) is 85.1 Å². The molecular formula is C33H38N2+2. The highest BCUT2D eigenvalue weighted by Gasteiger charge is 2.28. The van der Waals surface area contributed by atoms with Crippen LogP contribution in [0.3, 0.4) is 0 Å². The van der Waals surface area contributed by atoms with Crippen molar-refractivity contribution in [3.05, 3.63) is 96.2 Å². The number of nitrogens with zero attached hydrogens (tertiary/aromatic N) is 2. The molecule has 1 saturated carbocycles. The molecule has 0 radical (unpaired) electrons. The molecule has 0 aliphatic heterocycles. The van der Waals surface area contributed by atoms with E-state index in [0.717, 1.165) is 0 Å². The minimum Gasteiger partial charge on any atom is -0.196 e. The molecule has 178 valence electrons. The van der Waals surface area contributed by atoms with Gasteiger partial charge in [-0.1, -0.05) is 56.3 Å². The summed E-state index contributed by atoms with van der Waals surface area (Å²) in [6, 6.07) is 29.2. The quantitative estimate of drug-likeness (QED) is 0.281. The largest absolute Gasteiger partial charge is 0.278 e. The van der Waals surface area contributed by atoms with Crippen LogP contribution in [-0.4, -0.2) is 0 Å². The third kappa shape index (κ3) is 4.80. The van der Waals surface area contributed by atoms with Crippen molar-refractivity contribution in [2.75, 3.05) is 0 Å². The summed E-state index contributed by atoms with van der Waals surface area (Å²) in [5.74, 6) is 0.701. The Bertz CT molecular complexity index is 1270. The summed E-state index contributed by atoms with van der Waals surface area (Å²) in [7, 11) is 4.30. The zero-order chi connectivity index (χ0) is 24.6. The number of hydrogen-bond donors (Lipinski definition) is 0. The van der Waals surface area contributed by atoms with Gasteiger partial charge in [0.15, 0.2) is 6.20 Å². The second-order valence-corrected chi connectivity index (χ2v) is 11.1. The van der Waals surface area contributed by atoms with Crippen molar-refractivity contribution < 1.29 is 9.13 Å². The third-order valence-electron chi connectivity index (χ3n) is 8.10. The molecule has 5 rings (SSSR count). The van der Waals surface area contributed by atoms with Crippen molar-refractivity contribution in [2.24, 2.45) is 19.5 Å². The highest BCUT2D eigenvalue weighted by atomic mass is 15.0. The Morgan fingerprint density at radius 2 is 1.37 bits per heavy atom. The van der Waals surface area contributed by atoms with E-state index >= 15 is 0 Å². The molecule has 0 atom stereocenters. The van der Waals surface area contributed by atoms with Crippen LogP contribution < -0.4 is 9.13 Å². The lowest BCUT2D eigenvalue weighted by molar-refractivity contribution is -0.685. The predicted octanol–water partition coefficient (Wildman–Crippen LogP) is 7.33. The molecule has 4 aromatic rings. The lowest BCUT2D eigenvalue weighted by Crippen LogP contribution is -2.40. The Morgan fingerprint density at radius 1 is 0.714 bits per heavy atom. The van der Waals surface area contributed by atoms with Gasteiger partial charge in [-0.3, -0.25) is 0 Å².